The van der Waals surface area contributed by atoms with Gasteiger partial charge >= 0.3 is 0 Å². The van der Waals surface area contributed by atoms with Crippen LogP contribution in [-0.4, -0.2) is 30.9 Å². The van der Waals surface area contributed by atoms with Crippen LogP contribution >= 0.6 is 22.9 Å². The molecule has 0 saturated carbocycles. The lowest BCUT2D eigenvalue weighted by molar-refractivity contribution is 0.637. The van der Waals surface area contributed by atoms with Crippen LogP contribution in [0.5, 0.6) is 0 Å². The quantitative estimate of drug-likeness (QED) is 0.590. The van der Waals surface area contributed by atoms with Gasteiger partial charge in [0.15, 0.2) is 0 Å². The van der Waals surface area contributed by atoms with Crippen molar-refractivity contribution in [2.75, 3.05) is 11.9 Å². The van der Waals surface area contributed by atoms with Crippen molar-refractivity contribution in [2.45, 2.75) is 13.5 Å². The Balaban J connectivity index is 1.44. The summed E-state index contributed by atoms with van der Waals surface area (Å²) in [6, 6.07) is 7.64. The number of fused-ring (bicyclic) bond motifs is 1. The number of rotatable bonds is 5. The fraction of sp³-hybridized carbons (Fsp3) is 0.188. The number of anilines is 1. The van der Waals surface area contributed by atoms with Crippen molar-refractivity contribution >= 4 is 33.0 Å². The van der Waals surface area contributed by atoms with Crippen molar-refractivity contribution in [2.24, 2.45) is 0 Å². The summed E-state index contributed by atoms with van der Waals surface area (Å²) in [5.41, 5.74) is 3.09. The average molecular weight is 359 g/mol. The average Bonchev–Trinajstić information content (AvgIpc) is 3.23. The fourth-order valence-corrected chi connectivity index (χ4v) is 3.33. The molecule has 24 heavy (non-hydrogen) atoms. The third-order valence-corrected chi connectivity index (χ3v) is 4.69. The summed E-state index contributed by atoms with van der Waals surface area (Å²) in [7, 11) is 0. The second-order valence-electron chi connectivity index (χ2n) is 5.47. The maximum Gasteiger partial charge on any atom is 0.214 e. The molecule has 0 aliphatic rings. The Morgan fingerprint density at radius 1 is 1.21 bits per heavy atom. The zero-order chi connectivity index (χ0) is 16.5. The first kappa shape index (κ1) is 15.2. The number of aryl methyl sites for hydroxylation is 1. The SMILES string of the molecule is Cc1cnn(CCNc2nn3cc(-c4ccc(Cl)cc4)nc3s2)c1. The molecule has 6 nitrogen and oxygen atoms in total. The molecule has 0 aliphatic heterocycles. The van der Waals surface area contributed by atoms with E-state index >= 15 is 0 Å². The Hall–Kier alpha value is -2.38. The maximum atomic E-state index is 5.92. The zero-order valence-corrected chi connectivity index (χ0v) is 14.6. The van der Waals surface area contributed by atoms with Crippen LogP contribution in [0.25, 0.3) is 16.2 Å². The van der Waals surface area contributed by atoms with Crippen molar-refractivity contribution in [1.29, 1.82) is 0 Å². The van der Waals surface area contributed by atoms with Gasteiger partial charge in [0.2, 0.25) is 10.1 Å². The standard InChI is InChI=1S/C16H15ClN6S/c1-11-8-19-22(9-11)7-6-18-15-21-23-10-14(20-16(23)24-15)12-2-4-13(17)5-3-12/h2-5,8-10H,6-7H2,1H3,(H,18,21). The summed E-state index contributed by atoms with van der Waals surface area (Å²) in [6.07, 6.45) is 5.81. The smallest absolute Gasteiger partial charge is 0.214 e. The summed E-state index contributed by atoms with van der Waals surface area (Å²) in [6.45, 7) is 3.60. The second kappa shape index (κ2) is 6.26. The van der Waals surface area contributed by atoms with Gasteiger partial charge in [-0.2, -0.15) is 5.10 Å². The first-order valence-electron chi connectivity index (χ1n) is 7.52. The fourth-order valence-electron chi connectivity index (χ4n) is 2.40. The van der Waals surface area contributed by atoms with E-state index in [-0.39, 0.29) is 0 Å². The number of aromatic nitrogens is 5. The van der Waals surface area contributed by atoms with Crippen LogP contribution in [-0.2, 0) is 6.54 Å². The first-order chi connectivity index (χ1) is 11.7. The van der Waals surface area contributed by atoms with E-state index < -0.39 is 0 Å². The van der Waals surface area contributed by atoms with Crippen molar-refractivity contribution in [1.82, 2.24) is 24.4 Å². The maximum absolute atomic E-state index is 5.92. The minimum atomic E-state index is 0.719. The molecule has 0 fully saturated rings. The van der Waals surface area contributed by atoms with Crippen molar-refractivity contribution in [3.63, 3.8) is 0 Å². The number of halogens is 1. The summed E-state index contributed by atoms with van der Waals surface area (Å²) >= 11 is 7.45. The lowest BCUT2D eigenvalue weighted by Crippen LogP contribution is -2.10. The van der Waals surface area contributed by atoms with Crippen molar-refractivity contribution < 1.29 is 0 Å². The molecule has 4 rings (SSSR count). The van der Waals surface area contributed by atoms with Gasteiger partial charge in [0.25, 0.3) is 0 Å². The van der Waals surface area contributed by atoms with Crippen LogP contribution in [0, 0.1) is 6.92 Å². The van der Waals surface area contributed by atoms with Crippen LogP contribution in [0.1, 0.15) is 5.56 Å². The highest BCUT2D eigenvalue weighted by molar-refractivity contribution is 7.20. The van der Waals surface area contributed by atoms with E-state index in [0.717, 1.165) is 45.0 Å². The highest BCUT2D eigenvalue weighted by atomic mass is 35.5. The van der Waals surface area contributed by atoms with Gasteiger partial charge in [-0.05, 0) is 24.6 Å². The van der Waals surface area contributed by atoms with E-state index in [2.05, 4.69) is 20.5 Å². The van der Waals surface area contributed by atoms with Gasteiger partial charge in [-0.15, -0.1) is 5.10 Å². The minimum absolute atomic E-state index is 0.719. The van der Waals surface area contributed by atoms with Crippen LogP contribution in [0.4, 0.5) is 5.13 Å². The first-order valence-corrected chi connectivity index (χ1v) is 8.72. The van der Waals surface area contributed by atoms with Crippen LogP contribution < -0.4 is 5.32 Å². The zero-order valence-electron chi connectivity index (χ0n) is 13.0. The largest absolute Gasteiger partial charge is 0.358 e. The van der Waals surface area contributed by atoms with E-state index in [9.17, 15) is 0 Å². The Morgan fingerprint density at radius 3 is 2.75 bits per heavy atom. The lowest BCUT2D eigenvalue weighted by atomic mass is 10.2. The molecule has 0 spiro atoms. The molecule has 1 N–H and O–H groups in total. The van der Waals surface area contributed by atoms with Crippen LogP contribution in [0.2, 0.25) is 5.02 Å². The lowest BCUT2D eigenvalue weighted by Gasteiger charge is -2.02. The molecule has 0 aliphatic carbocycles. The molecule has 0 amide bonds. The topological polar surface area (TPSA) is 60.0 Å². The van der Waals surface area contributed by atoms with Gasteiger partial charge < -0.3 is 5.32 Å². The van der Waals surface area contributed by atoms with E-state index in [1.807, 2.05) is 54.5 Å². The van der Waals surface area contributed by atoms with Crippen molar-refractivity contribution in [3.05, 3.63) is 53.4 Å². The van der Waals surface area contributed by atoms with Gasteiger partial charge in [-0.25, -0.2) is 9.50 Å². The summed E-state index contributed by atoms with van der Waals surface area (Å²) in [4.78, 5) is 5.48. The third-order valence-electron chi connectivity index (χ3n) is 3.56. The van der Waals surface area contributed by atoms with Crippen LogP contribution in [0.3, 0.4) is 0 Å². The second-order valence-corrected chi connectivity index (χ2v) is 6.87. The van der Waals surface area contributed by atoms with E-state index in [1.54, 1.807) is 4.52 Å². The van der Waals surface area contributed by atoms with Gasteiger partial charge in [0, 0.05) is 23.3 Å². The molecule has 0 bridgehead atoms. The molecule has 1 aromatic carbocycles. The normalized spacial score (nSPS) is 11.2. The highest BCUT2D eigenvalue weighted by Crippen LogP contribution is 2.25. The molecule has 3 aromatic heterocycles. The van der Waals surface area contributed by atoms with Gasteiger partial charge in [-0.1, -0.05) is 35.1 Å². The molecule has 0 saturated heterocycles. The predicted octanol–water partition coefficient (Wildman–Crippen LogP) is 3.73. The Bertz CT molecular complexity index is 937. The number of nitrogens with one attached hydrogen (secondary N) is 1. The summed E-state index contributed by atoms with van der Waals surface area (Å²) in [5.74, 6) is 0. The number of nitrogens with zero attached hydrogens (tertiary/aromatic N) is 5. The molecule has 0 atom stereocenters. The van der Waals surface area contributed by atoms with E-state index in [1.165, 1.54) is 11.3 Å². The number of benzene rings is 1. The Kier molecular flexibility index (Phi) is 3.95. The number of imidazole rings is 1. The molecular weight excluding hydrogens is 344 g/mol. The molecule has 4 aromatic rings. The van der Waals surface area contributed by atoms with E-state index in [4.69, 9.17) is 11.6 Å². The molecule has 122 valence electrons. The molecular formula is C16H15ClN6S. The highest BCUT2D eigenvalue weighted by Gasteiger charge is 2.09. The Morgan fingerprint density at radius 2 is 2.04 bits per heavy atom. The Labute approximate surface area is 147 Å². The van der Waals surface area contributed by atoms with Crippen LogP contribution in [0.15, 0.2) is 42.9 Å². The summed E-state index contributed by atoms with van der Waals surface area (Å²) < 4.78 is 3.72. The number of hydrogen-bond acceptors (Lipinski definition) is 5. The van der Waals surface area contributed by atoms with Gasteiger partial charge in [0.05, 0.1) is 24.6 Å². The molecule has 0 unspecified atom stereocenters. The molecule has 3 heterocycles. The predicted molar refractivity (Wildman–Crippen MR) is 96.8 cm³/mol. The minimum Gasteiger partial charge on any atom is -0.358 e. The van der Waals surface area contributed by atoms with Gasteiger partial charge in [-0.3, -0.25) is 4.68 Å². The summed E-state index contributed by atoms with van der Waals surface area (Å²) in [5, 5.41) is 13.7. The number of hydrogen-bond donors (Lipinski definition) is 1. The molecule has 0 radical (unpaired) electrons. The molecule has 8 heteroatoms. The van der Waals surface area contributed by atoms with E-state index in [0.29, 0.717) is 0 Å². The van der Waals surface area contributed by atoms with Gasteiger partial charge in [0.1, 0.15) is 0 Å². The van der Waals surface area contributed by atoms with Crippen molar-refractivity contribution in [3.8, 4) is 11.3 Å². The monoisotopic (exact) mass is 358 g/mol. The third kappa shape index (κ3) is 3.13.